The van der Waals surface area contributed by atoms with Crippen LogP contribution in [0.1, 0.15) is 26.3 Å². The van der Waals surface area contributed by atoms with E-state index in [9.17, 15) is 0 Å². The molecule has 4 heteroatoms. The van der Waals surface area contributed by atoms with Gasteiger partial charge in [0, 0.05) is 5.69 Å². The molecular weight excluding hydrogens is 224 g/mol. The second-order valence-corrected chi connectivity index (χ2v) is 4.72. The molecule has 2 N–H and O–H groups in total. The van der Waals surface area contributed by atoms with Gasteiger partial charge in [0.2, 0.25) is 0 Å². The summed E-state index contributed by atoms with van der Waals surface area (Å²) in [6.07, 6.45) is 0. The Kier molecular flexibility index (Phi) is 5.13. The summed E-state index contributed by atoms with van der Waals surface area (Å²) in [5, 5.41) is 8.89. The fraction of sp³-hybridized carbons (Fsp3) is 0.417. The van der Waals surface area contributed by atoms with Crippen LogP contribution in [0.5, 0.6) is 5.75 Å². The van der Waals surface area contributed by atoms with Crippen molar-refractivity contribution in [2.24, 2.45) is 5.41 Å². The van der Waals surface area contributed by atoms with Gasteiger partial charge in [-0.25, -0.2) is 0 Å². The van der Waals surface area contributed by atoms with Crippen molar-refractivity contribution < 1.29 is 4.74 Å². The van der Waals surface area contributed by atoms with Crippen molar-refractivity contribution in [1.29, 1.82) is 5.26 Å². The third-order valence-electron chi connectivity index (χ3n) is 1.78. The van der Waals surface area contributed by atoms with E-state index in [2.05, 4.69) is 26.8 Å². The minimum Gasteiger partial charge on any atom is -0.492 e. The summed E-state index contributed by atoms with van der Waals surface area (Å²) in [6.45, 7) is 6.81. The average Bonchev–Trinajstić information content (AvgIpc) is 2.14. The molecule has 0 fully saturated rings. The van der Waals surface area contributed by atoms with Crippen LogP contribution in [0.4, 0.5) is 5.69 Å². The van der Waals surface area contributed by atoms with E-state index >= 15 is 0 Å². The Morgan fingerprint density at radius 2 is 2.00 bits per heavy atom. The van der Waals surface area contributed by atoms with E-state index in [0.717, 1.165) is 0 Å². The fourth-order valence-corrected chi connectivity index (χ4v) is 1.06. The topological polar surface area (TPSA) is 59.0 Å². The molecule has 1 aromatic rings. The third kappa shape index (κ3) is 4.41. The summed E-state index contributed by atoms with van der Waals surface area (Å²) in [4.78, 5) is 0. The van der Waals surface area contributed by atoms with E-state index in [0.29, 0.717) is 23.6 Å². The average molecular weight is 241 g/mol. The minimum atomic E-state index is 0. The smallest absolute Gasteiger partial charge is 0.137 e. The van der Waals surface area contributed by atoms with E-state index in [4.69, 9.17) is 15.7 Å². The second kappa shape index (κ2) is 5.62. The molecule has 0 bridgehead atoms. The molecule has 88 valence electrons. The summed E-state index contributed by atoms with van der Waals surface area (Å²) >= 11 is 0. The highest BCUT2D eigenvalue weighted by Crippen LogP contribution is 2.23. The van der Waals surface area contributed by atoms with Crippen molar-refractivity contribution in [2.75, 3.05) is 12.3 Å². The number of ether oxygens (including phenoxy) is 1. The molecule has 0 atom stereocenters. The number of hydrogen-bond acceptors (Lipinski definition) is 3. The zero-order chi connectivity index (χ0) is 11.5. The van der Waals surface area contributed by atoms with Crippen LogP contribution in [0.2, 0.25) is 0 Å². The van der Waals surface area contributed by atoms with Gasteiger partial charge in [0.25, 0.3) is 0 Å². The lowest BCUT2D eigenvalue weighted by Crippen LogP contribution is -2.17. The van der Waals surface area contributed by atoms with Gasteiger partial charge in [0.1, 0.15) is 11.8 Å². The van der Waals surface area contributed by atoms with Crippen LogP contribution in [0, 0.1) is 16.7 Å². The van der Waals surface area contributed by atoms with Crippen molar-refractivity contribution in [3.63, 3.8) is 0 Å². The van der Waals surface area contributed by atoms with Crippen molar-refractivity contribution in [1.82, 2.24) is 0 Å². The summed E-state index contributed by atoms with van der Waals surface area (Å²) in [7, 11) is 0. The molecule has 0 unspecified atom stereocenters. The largest absolute Gasteiger partial charge is 0.492 e. The number of nitrogens with two attached hydrogens (primary N) is 1. The van der Waals surface area contributed by atoms with Gasteiger partial charge in [0.05, 0.1) is 12.2 Å². The van der Waals surface area contributed by atoms with Crippen LogP contribution in [0.3, 0.4) is 0 Å². The Morgan fingerprint density at radius 3 is 2.50 bits per heavy atom. The lowest BCUT2D eigenvalue weighted by molar-refractivity contribution is 0.197. The van der Waals surface area contributed by atoms with Crippen LogP contribution >= 0.6 is 12.4 Å². The Hall–Kier alpha value is -1.40. The van der Waals surface area contributed by atoms with E-state index < -0.39 is 0 Å². The molecule has 1 rings (SSSR count). The molecular formula is C12H17ClN2O. The van der Waals surface area contributed by atoms with Gasteiger partial charge in [-0.3, -0.25) is 0 Å². The molecule has 0 aliphatic rings. The first kappa shape index (κ1) is 14.6. The van der Waals surface area contributed by atoms with E-state index in [1.807, 2.05) is 0 Å². The number of nitrogens with zero attached hydrogens (tertiary/aromatic N) is 1. The molecule has 0 saturated heterocycles. The predicted molar refractivity (Wildman–Crippen MR) is 67.8 cm³/mol. The third-order valence-corrected chi connectivity index (χ3v) is 1.78. The minimum absolute atomic E-state index is 0. The lowest BCUT2D eigenvalue weighted by Gasteiger charge is -2.19. The van der Waals surface area contributed by atoms with Gasteiger partial charge >= 0.3 is 0 Å². The quantitative estimate of drug-likeness (QED) is 0.809. The highest BCUT2D eigenvalue weighted by Gasteiger charge is 2.12. The molecule has 0 aromatic heterocycles. The van der Waals surface area contributed by atoms with Gasteiger partial charge in [-0.05, 0) is 23.6 Å². The number of anilines is 1. The first-order valence-corrected chi connectivity index (χ1v) is 4.85. The summed E-state index contributed by atoms with van der Waals surface area (Å²) in [5.41, 5.74) is 6.72. The summed E-state index contributed by atoms with van der Waals surface area (Å²) in [5.74, 6) is 0.599. The molecule has 16 heavy (non-hydrogen) atoms. The predicted octanol–water partition coefficient (Wildman–Crippen LogP) is 2.99. The van der Waals surface area contributed by atoms with Crippen molar-refractivity contribution in [3.05, 3.63) is 23.8 Å². The number of rotatable bonds is 2. The van der Waals surface area contributed by atoms with Crippen LogP contribution in [-0.2, 0) is 0 Å². The number of nitrogen functional groups attached to an aromatic ring is 1. The van der Waals surface area contributed by atoms with Crippen LogP contribution < -0.4 is 10.5 Å². The van der Waals surface area contributed by atoms with Gasteiger partial charge in [-0.1, -0.05) is 20.8 Å². The van der Waals surface area contributed by atoms with E-state index in [1.165, 1.54) is 0 Å². The lowest BCUT2D eigenvalue weighted by atomic mass is 9.98. The fourth-order valence-electron chi connectivity index (χ4n) is 1.06. The van der Waals surface area contributed by atoms with Gasteiger partial charge < -0.3 is 10.5 Å². The van der Waals surface area contributed by atoms with Crippen LogP contribution in [0.25, 0.3) is 0 Å². The van der Waals surface area contributed by atoms with Crippen LogP contribution in [-0.4, -0.2) is 6.61 Å². The molecule has 0 radical (unpaired) electrons. The Morgan fingerprint density at radius 1 is 1.38 bits per heavy atom. The second-order valence-electron chi connectivity index (χ2n) is 4.72. The molecule has 0 aliphatic carbocycles. The first-order chi connectivity index (χ1) is 6.92. The maximum Gasteiger partial charge on any atom is 0.137 e. The Labute approximate surface area is 103 Å². The van der Waals surface area contributed by atoms with Crippen molar-refractivity contribution in [3.8, 4) is 11.8 Å². The maximum atomic E-state index is 8.89. The SMILES string of the molecule is CC(C)(C)COc1ccc(N)cc1C#N.Cl. The van der Waals surface area contributed by atoms with Gasteiger partial charge in [-0.2, -0.15) is 5.26 Å². The van der Waals surface area contributed by atoms with E-state index in [1.54, 1.807) is 18.2 Å². The molecule has 3 nitrogen and oxygen atoms in total. The zero-order valence-electron chi connectivity index (χ0n) is 9.78. The van der Waals surface area contributed by atoms with Crippen molar-refractivity contribution in [2.45, 2.75) is 20.8 Å². The normalized spacial score (nSPS) is 10.1. The summed E-state index contributed by atoms with van der Waals surface area (Å²) < 4.78 is 5.57. The number of halogens is 1. The Bertz CT molecular complexity index is 391. The van der Waals surface area contributed by atoms with Crippen LogP contribution in [0.15, 0.2) is 18.2 Å². The molecule has 1 aromatic carbocycles. The highest BCUT2D eigenvalue weighted by atomic mass is 35.5. The Balaban J connectivity index is 0.00000225. The monoisotopic (exact) mass is 240 g/mol. The zero-order valence-corrected chi connectivity index (χ0v) is 10.6. The van der Waals surface area contributed by atoms with E-state index in [-0.39, 0.29) is 17.8 Å². The van der Waals surface area contributed by atoms with Crippen molar-refractivity contribution >= 4 is 18.1 Å². The maximum absolute atomic E-state index is 8.89. The molecule has 0 amide bonds. The standard InChI is InChI=1S/C12H16N2O.ClH/c1-12(2,3)8-15-11-5-4-10(14)6-9(11)7-13;/h4-6H,8,14H2,1-3H3;1H. The highest BCUT2D eigenvalue weighted by molar-refractivity contribution is 5.85. The van der Waals surface area contributed by atoms with Gasteiger partial charge in [-0.15, -0.1) is 12.4 Å². The number of nitriles is 1. The number of hydrogen-bond donors (Lipinski definition) is 1. The first-order valence-electron chi connectivity index (χ1n) is 4.85. The molecule has 0 spiro atoms. The molecule has 0 aliphatic heterocycles. The summed E-state index contributed by atoms with van der Waals surface area (Å²) in [6, 6.07) is 7.16. The molecule has 0 saturated carbocycles. The molecule has 0 heterocycles. The van der Waals surface area contributed by atoms with Gasteiger partial charge in [0.15, 0.2) is 0 Å². The number of benzene rings is 1.